The first-order valence-corrected chi connectivity index (χ1v) is 8.84. The third-order valence-electron chi connectivity index (χ3n) is 4.54. The van der Waals surface area contributed by atoms with Gasteiger partial charge in [0, 0.05) is 32.6 Å². The summed E-state index contributed by atoms with van der Waals surface area (Å²) in [5.74, 6) is 1.62. The Balaban J connectivity index is 0.00000288. The molecule has 0 spiro atoms. The number of carbonyl (C=O) groups is 1. The summed E-state index contributed by atoms with van der Waals surface area (Å²) in [5.41, 5.74) is 8.00. The molecule has 2 rings (SSSR count). The predicted molar refractivity (Wildman–Crippen MR) is 109 cm³/mol. The molecule has 1 fully saturated rings. The fourth-order valence-corrected chi connectivity index (χ4v) is 3.59. The Morgan fingerprint density at radius 1 is 1.16 bits per heavy atom. The topological polar surface area (TPSA) is 58.4 Å². The zero-order valence-corrected chi connectivity index (χ0v) is 17.0. The number of piperidine rings is 1. The van der Waals surface area contributed by atoms with Gasteiger partial charge in [-0.3, -0.25) is 9.69 Å². The number of nitrogens with two attached hydrogens (primary N) is 1. The van der Waals surface area contributed by atoms with E-state index in [-0.39, 0.29) is 30.7 Å². The monoisotopic (exact) mass is 389 g/mol. The summed E-state index contributed by atoms with van der Waals surface area (Å²) in [6.45, 7) is 9.17. The zero-order chi connectivity index (χ0) is 16.7. The average molecular weight is 390 g/mol. The van der Waals surface area contributed by atoms with Crippen molar-refractivity contribution in [2.45, 2.75) is 46.2 Å². The van der Waals surface area contributed by atoms with Crippen molar-refractivity contribution in [1.29, 1.82) is 0 Å². The van der Waals surface area contributed by atoms with Crippen LogP contribution >= 0.6 is 24.8 Å². The number of likely N-dealkylation sites (tertiary alicyclic amines) is 1. The van der Waals surface area contributed by atoms with E-state index in [0.717, 1.165) is 24.8 Å². The maximum absolute atomic E-state index is 11.8. The predicted octanol–water partition coefficient (Wildman–Crippen LogP) is 3.36. The molecule has 4 nitrogen and oxygen atoms in total. The lowest BCUT2D eigenvalue weighted by Gasteiger charge is -2.35. The van der Waals surface area contributed by atoms with Gasteiger partial charge in [0.15, 0.2) is 0 Å². The first-order valence-electron chi connectivity index (χ1n) is 8.84. The van der Waals surface area contributed by atoms with E-state index < -0.39 is 0 Å². The fraction of sp³-hybridized carbons (Fsp3) is 0.632. The second-order valence-corrected chi connectivity index (χ2v) is 7.08. The van der Waals surface area contributed by atoms with E-state index >= 15 is 0 Å². The Morgan fingerprint density at radius 3 is 2.36 bits per heavy atom. The Hall–Kier alpha value is -0.810. The van der Waals surface area contributed by atoms with Crippen LogP contribution in [0.4, 0.5) is 0 Å². The molecule has 1 amide bonds. The van der Waals surface area contributed by atoms with Crippen LogP contribution in [0.1, 0.15) is 44.2 Å². The van der Waals surface area contributed by atoms with Crippen molar-refractivity contribution in [3.8, 4) is 0 Å². The summed E-state index contributed by atoms with van der Waals surface area (Å²) in [6, 6.07) is 8.44. The largest absolute Gasteiger partial charge is 0.352 e. The van der Waals surface area contributed by atoms with Gasteiger partial charge in [0.05, 0.1) is 0 Å². The molecule has 0 bridgehead atoms. The molecular formula is C19H33Cl2N3O. The molecule has 25 heavy (non-hydrogen) atoms. The molecule has 3 N–H and O–H groups in total. The minimum Gasteiger partial charge on any atom is -0.352 e. The number of nitrogens with one attached hydrogen (secondary N) is 1. The number of carbonyl (C=O) groups excluding carboxylic acids is 1. The summed E-state index contributed by atoms with van der Waals surface area (Å²) < 4.78 is 0. The average Bonchev–Trinajstić information content (AvgIpc) is 2.51. The SMILES string of the molecule is CC1CC(C)CN(Cc2ccccc2CNC(=O)CCCN)C1.Cl.Cl. The molecule has 1 saturated heterocycles. The van der Waals surface area contributed by atoms with Crippen molar-refractivity contribution >= 4 is 30.7 Å². The molecule has 1 aliphatic heterocycles. The lowest BCUT2D eigenvalue weighted by Crippen LogP contribution is -2.38. The summed E-state index contributed by atoms with van der Waals surface area (Å²) in [4.78, 5) is 14.3. The second-order valence-electron chi connectivity index (χ2n) is 7.08. The van der Waals surface area contributed by atoms with E-state index in [0.29, 0.717) is 19.5 Å². The molecule has 1 heterocycles. The normalized spacial score (nSPS) is 20.3. The molecule has 2 unspecified atom stereocenters. The van der Waals surface area contributed by atoms with Crippen LogP contribution in [0.2, 0.25) is 0 Å². The number of benzene rings is 1. The van der Waals surface area contributed by atoms with Crippen LogP contribution in [0, 0.1) is 11.8 Å². The Morgan fingerprint density at radius 2 is 1.76 bits per heavy atom. The highest BCUT2D eigenvalue weighted by Gasteiger charge is 2.22. The van der Waals surface area contributed by atoms with Crippen LogP contribution in [-0.2, 0) is 17.9 Å². The third-order valence-corrected chi connectivity index (χ3v) is 4.54. The van der Waals surface area contributed by atoms with Gasteiger partial charge in [-0.05, 0) is 42.3 Å². The van der Waals surface area contributed by atoms with Crippen LogP contribution in [0.5, 0.6) is 0 Å². The molecule has 2 atom stereocenters. The van der Waals surface area contributed by atoms with Crippen LogP contribution in [0.3, 0.4) is 0 Å². The van der Waals surface area contributed by atoms with Crippen molar-refractivity contribution in [1.82, 2.24) is 10.2 Å². The fourth-order valence-electron chi connectivity index (χ4n) is 3.59. The summed E-state index contributed by atoms with van der Waals surface area (Å²) in [6.07, 6.45) is 2.59. The first kappa shape index (κ1) is 24.2. The number of halogens is 2. The van der Waals surface area contributed by atoms with Crippen LogP contribution in [-0.4, -0.2) is 30.4 Å². The van der Waals surface area contributed by atoms with Crippen molar-refractivity contribution in [3.63, 3.8) is 0 Å². The Labute approximate surface area is 164 Å². The van der Waals surface area contributed by atoms with E-state index in [1.54, 1.807) is 0 Å². The minimum atomic E-state index is 0. The third kappa shape index (κ3) is 8.41. The Kier molecular flexibility index (Phi) is 12.1. The molecule has 0 saturated carbocycles. The number of hydrogen-bond acceptors (Lipinski definition) is 3. The van der Waals surface area contributed by atoms with Crippen LogP contribution in [0.25, 0.3) is 0 Å². The van der Waals surface area contributed by atoms with Gasteiger partial charge in [-0.2, -0.15) is 0 Å². The minimum absolute atomic E-state index is 0. The number of nitrogens with zero attached hydrogens (tertiary/aromatic N) is 1. The molecule has 0 aromatic heterocycles. The van der Waals surface area contributed by atoms with E-state index in [9.17, 15) is 4.79 Å². The smallest absolute Gasteiger partial charge is 0.220 e. The maximum atomic E-state index is 11.8. The van der Waals surface area contributed by atoms with Crippen molar-refractivity contribution in [3.05, 3.63) is 35.4 Å². The molecule has 1 aromatic carbocycles. The van der Waals surface area contributed by atoms with Gasteiger partial charge >= 0.3 is 0 Å². The highest BCUT2D eigenvalue weighted by molar-refractivity contribution is 5.85. The second kappa shape index (κ2) is 12.5. The van der Waals surface area contributed by atoms with Gasteiger partial charge in [-0.15, -0.1) is 24.8 Å². The summed E-state index contributed by atoms with van der Waals surface area (Å²) in [5, 5.41) is 3.02. The molecule has 6 heteroatoms. The standard InChI is InChI=1S/C19H31N3O.2ClH/c1-15-10-16(2)13-22(12-15)14-18-7-4-3-6-17(18)11-21-19(23)8-5-9-20;;/h3-4,6-7,15-16H,5,8-14,20H2,1-2H3,(H,21,23);2*1H. The number of hydrogen-bond donors (Lipinski definition) is 2. The lowest BCUT2D eigenvalue weighted by atomic mass is 9.91. The molecule has 1 aromatic rings. The molecule has 1 aliphatic rings. The zero-order valence-electron chi connectivity index (χ0n) is 15.4. The molecular weight excluding hydrogens is 357 g/mol. The Bertz CT molecular complexity index is 503. The van der Waals surface area contributed by atoms with E-state index in [4.69, 9.17) is 5.73 Å². The van der Waals surface area contributed by atoms with E-state index in [2.05, 4.69) is 42.3 Å². The first-order chi connectivity index (χ1) is 11.1. The summed E-state index contributed by atoms with van der Waals surface area (Å²) in [7, 11) is 0. The highest BCUT2D eigenvalue weighted by Crippen LogP contribution is 2.23. The lowest BCUT2D eigenvalue weighted by molar-refractivity contribution is -0.121. The van der Waals surface area contributed by atoms with E-state index in [1.807, 2.05) is 6.07 Å². The van der Waals surface area contributed by atoms with Crippen molar-refractivity contribution in [2.75, 3.05) is 19.6 Å². The molecule has 144 valence electrons. The molecule has 0 radical (unpaired) electrons. The van der Waals surface area contributed by atoms with Gasteiger partial charge in [0.2, 0.25) is 5.91 Å². The maximum Gasteiger partial charge on any atom is 0.220 e. The number of rotatable bonds is 7. The van der Waals surface area contributed by atoms with Crippen molar-refractivity contribution in [2.24, 2.45) is 17.6 Å². The van der Waals surface area contributed by atoms with Gasteiger partial charge in [-0.1, -0.05) is 38.1 Å². The molecule has 0 aliphatic carbocycles. The van der Waals surface area contributed by atoms with Gasteiger partial charge < -0.3 is 11.1 Å². The van der Waals surface area contributed by atoms with Crippen LogP contribution < -0.4 is 11.1 Å². The quantitative estimate of drug-likeness (QED) is 0.751. The highest BCUT2D eigenvalue weighted by atomic mass is 35.5. The number of amides is 1. The summed E-state index contributed by atoms with van der Waals surface area (Å²) >= 11 is 0. The van der Waals surface area contributed by atoms with Gasteiger partial charge in [0.1, 0.15) is 0 Å². The van der Waals surface area contributed by atoms with Crippen LogP contribution in [0.15, 0.2) is 24.3 Å². The van der Waals surface area contributed by atoms with Gasteiger partial charge in [-0.25, -0.2) is 0 Å². The van der Waals surface area contributed by atoms with Crippen molar-refractivity contribution < 1.29 is 4.79 Å². The van der Waals surface area contributed by atoms with Gasteiger partial charge in [0.25, 0.3) is 0 Å². The van der Waals surface area contributed by atoms with E-state index in [1.165, 1.54) is 30.6 Å².